The molecule has 1 aliphatic carbocycles. The average molecular weight is 313 g/mol. The molecule has 3 unspecified atom stereocenters. The highest BCUT2D eigenvalue weighted by atomic mass is 35.5. The van der Waals surface area contributed by atoms with Gasteiger partial charge in [0.05, 0.1) is 6.04 Å². The smallest absolute Gasteiger partial charge is 0.223 e. The molecule has 1 aromatic carbocycles. The number of ether oxygens (including phenoxy) is 1. The highest BCUT2D eigenvalue weighted by molar-refractivity contribution is 5.85. The maximum absolute atomic E-state index is 12.0. The van der Waals surface area contributed by atoms with E-state index in [1.165, 1.54) is 5.56 Å². The minimum atomic E-state index is -0.000151. The topological polar surface area (TPSA) is 64.3 Å². The van der Waals surface area contributed by atoms with Gasteiger partial charge in [0.2, 0.25) is 5.91 Å². The number of carbonyl (C=O) groups excluding carboxylic acids is 1. The molecule has 3 atom stereocenters. The Labute approximate surface area is 132 Å². The van der Waals surface area contributed by atoms with Gasteiger partial charge in [-0.3, -0.25) is 4.79 Å². The van der Waals surface area contributed by atoms with Gasteiger partial charge >= 0.3 is 0 Å². The predicted octanol–water partition coefficient (Wildman–Crippen LogP) is 2.43. The monoisotopic (exact) mass is 312 g/mol. The summed E-state index contributed by atoms with van der Waals surface area (Å²) >= 11 is 0. The summed E-state index contributed by atoms with van der Waals surface area (Å²) in [5, 5.41) is 3.01. The Hall–Kier alpha value is -1.26. The minimum Gasteiger partial charge on any atom is -0.491 e. The van der Waals surface area contributed by atoms with E-state index in [9.17, 15) is 4.79 Å². The van der Waals surface area contributed by atoms with E-state index in [2.05, 4.69) is 5.32 Å². The first-order valence-corrected chi connectivity index (χ1v) is 7.30. The Morgan fingerprint density at radius 3 is 2.86 bits per heavy atom. The first-order valence-electron chi connectivity index (χ1n) is 7.30. The zero-order chi connectivity index (χ0) is 14.5. The molecule has 0 bridgehead atoms. The Kier molecular flexibility index (Phi) is 6.99. The molecule has 0 radical (unpaired) electrons. The number of amides is 1. The summed E-state index contributed by atoms with van der Waals surface area (Å²) < 4.78 is 5.69. The summed E-state index contributed by atoms with van der Waals surface area (Å²) in [6.07, 6.45) is 2.65. The molecule has 1 aromatic rings. The fourth-order valence-corrected chi connectivity index (χ4v) is 2.58. The molecular weight excluding hydrogens is 288 g/mol. The molecule has 118 valence electrons. The zero-order valence-electron chi connectivity index (χ0n) is 12.7. The Morgan fingerprint density at radius 2 is 2.24 bits per heavy atom. The molecule has 0 saturated heterocycles. The lowest BCUT2D eigenvalue weighted by atomic mass is 10.1. The van der Waals surface area contributed by atoms with Crippen molar-refractivity contribution in [2.24, 2.45) is 11.7 Å². The van der Waals surface area contributed by atoms with E-state index in [-0.39, 0.29) is 36.3 Å². The fraction of sp³-hybridized carbons (Fsp3) is 0.562. The van der Waals surface area contributed by atoms with E-state index in [0.29, 0.717) is 6.61 Å². The van der Waals surface area contributed by atoms with Crippen molar-refractivity contribution in [2.75, 3.05) is 6.61 Å². The second kappa shape index (κ2) is 8.25. The van der Waals surface area contributed by atoms with Crippen molar-refractivity contribution in [3.63, 3.8) is 0 Å². The number of nitrogens with one attached hydrogen (secondary N) is 1. The molecule has 3 N–H and O–H groups in total. The predicted molar refractivity (Wildman–Crippen MR) is 86.8 cm³/mol. The van der Waals surface area contributed by atoms with E-state index in [1.54, 1.807) is 0 Å². The van der Waals surface area contributed by atoms with Crippen LogP contribution in [0.3, 0.4) is 0 Å². The van der Waals surface area contributed by atoms with Gasteiger partial charge in [-0.1, -0.05) is 12.1 Å². The Bertz CT molecular complexity index is 467. The summed E-state index contributed by atoms with van der Waals surface area (Å²) in [5.74, 6) is 1.03. The maximum Gasteiger partial charge on any atom is 0.223 e. The quantitative estimate of drug-likeness (QED) is 0.877. The lowest BCUT2D eigenvalue weighted by Gasteiger charge is -2.18. The van der Waals surface area contributed by atoms with E-state index < -0.39 is 0 Å². The number of nitrogens with two attached hydrogens (primary N) is 1. The molecular formula is C16H25ClN2O2. The number of hydrogen-bond donors (Lipinski definition) is 2. The first-order chi connectivity index (χ1) is 9.54. The van der Waals surface area contributed by atoms with Crippen LogP contribution in [0.4, 0.5) is 0 Å². The second-order valence-corrected chi connectivity index (χ2v) is 5.81. The highest BCUT2D eigenvalue weighted by Gasteiger charge is 2.28. The van der Waals surface area contributed by atoms with Crippen LogP contribution in [0.1, 0.15) is 31.7 Å². The van der Waals surface area contributed by atoms with Crippen LogP contribution in [0.2, 0.25) is 0 Å². The molecule has 1 aliphatic rings. The van der Waals surface area contributed by atoms with Gasteiger partial charge in [-0.25, -0.2) is 0 Å². The molecule has 4 nitrogen and oxygen atoms in total. The molecule has 0 spiro atoms. The summed E-state index contributed by atoms with van der Waals surface area (Å²) in [5.41, 5.74) is 7.00. The van der Waals surface area contributed by atoms with E-state index >= 15 is 0 Å². The number of halogens is 1. The van der Waals surface area contributed by atoms with E-state index in [0.717, 1.165) is 25.0 Å². The SMILES string of the molecule is Cc1cccc(OCC(C)NC(=O)C2CCC(N)C2)c1.Cl. The van der Waals surface area contributed by atoms with Crippen molar-refractivity contribution in [2.45, 2.75) is 45.2 Å². The molecule has 1 amide bonds. The van der Waals surface area contributed by atoms with Crippen molar-refractivity contribution in [1.29, 1.82) is 0 Å². The molecule has 5 heteroatoms. The third-order valence-corrected chi connectivity index (χ3v) is 3.72. The van der Waals surface area contributed by atoms with Crippen LogP contribution < -0.4 is 15.8 Å². The number of benzene rings is 1. The van der Waals surface area contributed by atoms with Gasteiger partial charge in [0.15, 0.2) is 0 Å². The van der Waals surface area contributed by atoms with Crippen molar-refractivity contribution in [3.8, 4) is 5.75 Å². The van der Waals surface area contributed by atoms with Crippen LogP contribution in [0.25, 0.3) is 0 Å². The van der Waals surface area contributed by atoms with Crippen molar-refractivity contribution < 1.29 is 9.53 Å². The summed E-state index contributed by atoms with van der Waals surface area (Å²) in [6.45, 7) is 4.47. The number of hydrogen-bond acceptors (Lipinski definition) is 3. The normalized spacial score (nSPS) is 22.2. The van der Waals surface area contributed by atoms with Gasteiger partial charge in [-0.05, 0) is 50.8 Å². The number of aryl methyl sites for hydroxylation is 1. The van der Waals surface area contributed by atoms with Crippen LogP contribution >= 0.6 is 12.4 Å². The lowest BCUT2D eigenvalue weighted by Crippen LogP contribution is -2.40. The number of carbonyl (C=O) groups is 1. The summed E-state index contributed by atoms with van der Waals surface area (Å²) in [4.78, 5) is 12.0. The van der Waals surface area contributed by atoms with Crippen LogP contribution in [0, 0.1) is 12.8 Å². The molecule has 0 aliphatic heterocycles. The highest BCUT2D eigenvalue weighted by Crippen LogP contribution is 2.24. The molecule has 1 fully saturated rings. The second-order valence-electron chi connectivity index (χ2n) is 5.81. The van der Waals surface area contributed by atoms with Crippen molar-refractivity contribution in [3.05, 3.63) is 29.8 Å². The van der Waals surface area contributed by atoms with E-state index in [1.807, 2.05) is 38.1 Å². The van der Waals surface area contributed by atoms with Crippen LogP contribution in [0.15, 0.2) is 24.3 Å². The maximum atomic E-state index is 12.0. The average Bonchev–Trinajstić information content (AvgIpc) is 2.83. The molecule has 21 heavy (non-hydrogen) atoms. The largest absolute Gasteiger partial charge is 0.491 e. The molecule has 1 saturated carbocycles. The Balaban J connectivity index is 0.00000220. The third-order valence-electron chi connectivity index (χ3n) is 3.72. The fourth-order valence-electron chi connectivity index (χ4n) is 2.58. The van der Waals surface area contributed by atoms with Gasteiger partial charge < -0.3 is 15.8 Å². The number of rotatable bonds is 5. The zero-order valence-corrected chi connectivity index (χ0v) is 13.5. The summed E-state index contributed by atoms with van der Waals surface area (Å²) in [7, 11) is 0. The van der Waals surface area contributed by atoms with Gasteiger partial charge in [0, 0.05) is 12.0 Å². The molecule has 0 aromatic heterocycles. The Morgan fingerprint density at radius 1 is 1.48 bits per heavy atom. The van der Waals surface area contributed by atoms with Gasteiger partial charge in [-0.15, -0.1) is 12.4 Å². The van der Waals surface area contributed by atoms with Crippen molar-refractivity contribution >= 4 is 18.3 Å². The van der Waals surface area contributed by atoms with Gasteiger partial charge in [-0.2, -0.15) is 0 Å². The molecule has 2 rings (SSSR count). The van der Waals surface area contributed by atoms with Gasteiger partial charge in [0.1, 0.15) is 12.4 Å². The van der Waals surface area contributed by atoms with E-state index in [4.69, 9.17) is 10.5 Å². The van der Waals surface area contributed by atoms with Crippen LogP contribution in [-0.4, -0.2) is 24.6 Å². The van der Waals surface area contributed by atoms with Crippen molar-refractivity contribution in [1.82, 2.24) is 5.32 Å². The summed E-state index contributed by atoms with van der Waals surface area (Å²) in [6, 6.07) is 8.10. The lowest BCUT2D eigenvalue weighted by molar-refractivity contribution is -0.125. The first kappa shape index (κ1) is 17.8. The van der Waals surface area contributed by atoms with Gasteiger partial charge in [0.25, 0.3) is 0 Å². The minimum absolute atomic E-state index is 0. The van der Waals surface area contributed by atoms with Crippen LogP contribution in [-0.2, 0) is 4.79 Å². The van der Waals surface area contributed by atoms with Crippen LogP contribution in [0.5, 0.6) is 5.75 Å². The molecule has 0 heterocycles. The third kappa shape index (κ3) is 5.56. The standard InChI is InChI=1S/C16H24N2O2.ClH/c1-11-4-3-5-15(8-11)20-10-12(2)18-16(19)13-6-7-14(17)9-13;/h3-5,8,12-14H,6-7,9-10,17H2,1-2H3,(H,18,19);1H.